The number of fused-ring (bicyclic) bond motifs is 1. The van der Waals surface area contributed by atoms with Crippen LogP contribution in [0.3, 0.4) is 0 Å². The molecule has 2 aromatic rings. The van der Waals surface area contributed by atoms with Gasteiger partial charge in [0.15, 0.2) is 0 Å². The van der Waals surface area contributed by atoms with Crippen molar-refractivity contribution in [1.29, 1.82) is 0 Å². The number of amides is 2. The zero-order chi connectivity index (χ0) is 21.8. The van der Waals surface area contributed by atoms with Crippen molar-refractivity contribution in [3.8, 4) is 0 Å². The first-order valence-corrected chi connectivity index (χ1v) is 10.9. The van der Waals surface area contributed by atoms with Crippen molar-refractivity contribution in [2.45, 2.75) is 4.90 Å². The Morgan fingerprint density at radius 2 is 1.94 bits per heavy atom. The van der Waals surface area contributed by atoms with Crippen LogP contribution in [-0.4, -0.2) is 63.5 Å². The van der Waals surface area contributed by atoms with Gasteiger partial charge in [-0.05, 0) is 30.3 Å². The van der Waals surface area contributed by atoms with Crippen LogP contribution in [0.2, 0.25) is 0 Å². The Labute approximate surface area is 184 Å². The van der Waals surface area contributed by atoms with Crippen LogP contribution in [0.15, 0.2) is 47.4 Å². The normalized spacial score (nSPS) is 16.0. The molecule has 2 aromatic carbocycles. The third-order valence-corrected chi connectivity index (χ3v) is 6.22. The summed E-state index contributed by atoms with van der Waals surface area (Å²) in [7, 11) is 1.30. The molecule has 0 aliphatic carbocycles. The summed E-state index contributed by atoms with van der Waals surface area (Å²) in [6.07, 6.45) is 0. The Bertz CT molecular complexity index is 1010. The van der Waals surface area contributed by atoms with E-state index in [-0.39, 0.29) is 29.7 Å². The maximum absolute atomic E-state index is 12.8. The lowest BCUT2D eigenvalue weighted by molar-refractivity contribution is -0.120. The van der Waals surface area contributed by atoms with E-state index in [1.807, 2.05) is 30.3 Å². The molecule has 2 aliphatic rings. The molecule has 2 amide bonds. The van der Waals surface area contributed by atoms with Crippen LogP contribution >= 0.6 is 11.8 Å². The number of anilines is 3. The van der Waals surface area contributed by atoms with Gasteiger partial charge in [-0.2, -0.15) is 0 Å². The number of nitrogens with one attached hydrogen (secondary N) is 1. The van der Waals surface area contributed by atoms with Crippen molar-refractivity contribution in [2.24, 2.45) is 0 Å². The summed E-state index contributed by atoms with van der Waals surface area (Å²) in [5, 5.41) is 2.77. The van der Waals surface area contributed by atoms with Crippen molar-refractivity contribution in [2.75, 3.05) is 60.8 Å². The number of rotatable bonds is 5. The molecular formula is C22H23N3O5S. The van der Waals surface area contributed by atoms with Crippen LogP contribution < -0.4 is 15.1 Å². The molecule has 1 saturated heterocycles. The van der Waals surface area contributed by atoms with Crippen molar-refractivity contribution in [1.82, 2.24) is 0 Å². The molecule has 0 radical (unpaired) electrons. The Morgan fingerprint density at radius 3 is 2.71 bits per heavy atom. The molecule has 31 heavy (non-hydrogen) atoms. The number of hydrogen-bond acceptors (Lipinski definition) is 7. The third-order valence-electron chi connectivity index (χ3n) is 5.17. The molecule has 9 heteroatoms. The van der Waals surface area contributed by atoms with Crippen molar-refractivity contribution >= 4 is 46.6 Å². The molecule has 0 unspecified atom stereocenters. The zero-order valence-electron chi connectivity index (χ0n) is 17.1. The van der Waals surface area contributed by atoms with Gasteiger partial charge in [-0.1, -0.05) is 12.1 Å². The predicted octanol–water partition coefficient (Wildman–Crippen LogP) is 2.39. The summed E-state index contributed by atoms with van der Waals surface area (Å²) in [6.45, 7) is 2.55. The Balaban J connectivity index is 1.53. The molecule has 0 aromatic heterocycles. The summed E-state index contributed by atoms with van der Waals surface area (Å²) >= 11 is 1.46. The largest absolute Gasteiger partial charge is 0.465 e. The topological polar surface area (TPSA) is 88.2 Å². The molecule has 8 nitrogen and oxygen atoms in total. The summed E-state index contributed by atoms with van der Waals surface area (Å²) in [5.41, 5.74) is 2.19. The first-order chi connectivity index (χ1) is 15.1. The first kappa shape index (κ1) is 21.2. The van der Waals surface area contributed by atoms with Crippen LogP contribution in [0.4, 0.5) is 17.1 Å². The standard InChI is InChI=1S/C22H23N3O5S/c1-29-22(28)16-12-15(24-8-10-30-11-9-24)6-7-17(16)23-20(26)13-25-18-4-2-3-5-19(18)31-14-21(25)27/h2-7,12H,8-11,13-14H2,1H3,(H,23,26). The van der Waals surface area contributed by atoms with E-state index in [9.17, 15) is 14.4 Å². The van der Waals surface area contributed by atoms with E-state index in [1.54, 1.807) is 12.1 Å². The van der Waals surface area contributed by atoms with Crippen molar-refractivity contribution < 1.29 is 23.9 Å². The van der Waals surface area contributed by atoms with Crippen LogP contribution in [0.5, 0.6) is 0 Å². The zero-order valence-corrected chi connectivity index (χ0v) is 17.9. The van der Waals surface area contributed by atoms with Gasteiger partial charge in [0.1, 0.15) is 6.54 Å². The van der Waals surface area contributed by atoms with Crippen LogP contribution in [0.1, 0.15) is 10.4 Å². The summed E-state index contributed by atoms with van der Waals surface area (Å²) in [5.74, 6) is -0.776. The molecule has 0 atom stereocenters. The summed E-state index contributed by atoms with van der Waals surface area (Å²) in [4.78, 5) is 42.1. The Kier molecular flexibility index (Phi) is 6.43. The van der Waals surface area contributed by atoms with E-state index in [1.165, 1.54) is 23.8 Å². The summed E-state index contributed by atoms with van der Waals surface area (Å²) in [6, 6.07) is 12.7. The minimum absolute atomic E-state index is 0.130. The van der Waals surface area contributed by atoms with Crippen LogP contribution in [0.25, 0.3) is 0 Å². The van der Waals surface area contributed by atoms with Gasteiger partial charge >= 0.3 is 5.97 Å². The highest BCUT2D eigenvalue weighted by atomic mass is 32.2. The highest BCUT2D eigenvalue weighted by Crippen LogP contribution is 2.34. The molecule has 1 fully saturated rings. The average molecular weight is 442 g/mol. The van der Waals surface area contributed by atoms with Gasteiger partial charge in [-0.15, -0.1) is 11.8 Å². The number of carbonyl (C=O) groups is 3. The SMILES string of the molecule is COC(=O)c1cc(N2CCOCC2)ccc1NC(=O)CN1C(=O)CSc2ccccc21. The molecular weight excluding hydrogens is 418 g/mol. The smallest absolute Gasteiger partial charge is 0.340 e. The lowest BCUT2D eigenvalue weighted by Crippen LogP contribution is -2.41. The highest BCUT2D eigenvalue weighted by molar-refractivity contribution is 8.00. The van der Waals surface area contributed by atoms with E-state index in [0.717, 1.165) is 29.4 Å². The fourth-order valence-corrected chi connectivity index (χ4v) is 4.53. The number of benzene rings is 2. The quantitative estimate of drug-likeness (QED) is 0.713. The monoisotopic (exact) mass is 441 g/mol. The van der Waals surface area contributed by atoms with Gasteiger partial charge in [0.2, 0.25) is 11.8 Å². The first-order valence-electron chi connectivity index (χ1n) is 9.94. The van der Waals surface area contributed by atoms with E-state index in [0.29, 0.717) is 18.9 Å². The van der Waals surface area contributed by atoms with E-state index in [2.05, 4.69) is 10.2 Å². The van der Waals surface area contributed by atoms with Gasteiger partial charge < -0.3 is 24.6 Å². The predicted molar refractivity (Wildman–Crippen MR) is 119 cm³/mol. The number of thioether (sulfide) groups is 1. The lowest BCUT2D eigenvalue weighted by atomic mass is 10.1. The van der Waals surface area contributed by atoms with E-state index < -0.39 is 5.97 Å². The molecule has 4 rings (SSSR count). The number of para-hydroxylation sites is 1. The van der Waals surface area contributed by atoms with Crippen LogP contribution in [0, 0.1) is 0 Å². The van der Waals surface area contributed by atoms with Gasteiger partial charge in [0.25, 0.3) is 0 Å². The number of morpholine rings is 1. The number of carbonyl (C=O) groups excluding carboxylic acids is 3. The minimum Gasteiger partial charge on any atom is -0.465 e. The molecule has 2 heterocycles. The van der Waals surface area contributed by atoms with E-state index >= 15 is 0 Å². The third kappa shape index (κ3) is 4.67. The number of methoxy groups -OCH3 is 1. The minimum atomic E-state index is -0.541. The fraction of sp³-hybridized carbons (Fsp3) is 0.318. The van der Waals surface area contributed by atoms with Gasteiger partial charge in [-0.25, -0.2) is 4.79 Å². The summed E-state index contributed by atoms with van der Waals surface area (Å²) < 4.78 is 10.3. The number of esters is 1. The lowest BCUT2D eigenvalue weighted by Gasteiger charge is -2.29. The number of ether oxygens (including phenoxy) is 2. The maximum atomic E-state index is 12.8. The van der Waals surface area contributed by atoms with Gasteiger partial charge in [0.05, 0.1) is 43.0 Å². The van der Waals surface area contributed by atoms with Crippen LogP contribution in [-0.2, 0) is 19.1 Å². The van der Waals surface area contributed by atoms with E-state index in [4.69, 9.17) is 9.47 Å². The van der Waals surface area contributed by atoms with Crippen molar-refractivity contribution in [3.05, 3.63) is 48.0 Å². The fourth-order valence-electron chi connectivity index (χ4n) is 3.60. The molecule has 2 aliphatic heterocycles. The number of hydrogen-bond donors (Lipinski definition) is 1. The van der Waals surface area contributed by atoms with Gasteiger partial charge in [-0.3, -0.25) is 9.59 Å². The average Bonchev–Trinajstić information content (AvgIpc) is 2.81. The molecule has 0 spiro atoms. The molecule has 162 valence electrons. The second kappa shape index (κ2) is 9.40. The molecule has 0 saturated carbocycles. The second-order valence-corrected chi connectivity index (χ2v) is 8.12. The van der Waals surface area contributed by atoms with Crippen molar-refractivity contribution in [3.63, 3.8) is 0 Å². The molecule has 1 N–H and O–H groups in total. The molecule has 0 bridgehead atoms. The maximum Gasteiger partial charge on any atom is 0.340 e. The highest BCUT2D eigenvalue weighted by Gasteiger charge is 2.27. The Hall–Kier alpha value is -3.04. The second-order valence-electron chi connectivity index (χ2n) is 7.11. The number of nitrogens with zero attached hydrogens (tertiary/aromatic N) is 2. The Morgan fingerprint density at radius 1 is 1.16 bits per heavy atom. The van der Waals surface area contributed by atoms with Gasteiger partial charge in [0, 0.05) is 23.7 Å².